The van der Waals surface area contributed by atoms with Crippen molar-refractivity contribution in [3.05, 3.63) is 117 Å². The predicted molar refractivity (Wildman–Crippen MR) is 400 cm³/mol. The first kappa shape index (κ1) is 92.6. The number of aliphatic carboxylic acids is 1. The molecule has 0 aromatic heterocycles. The maximum absolute atomic E-state index is 16.0. The number of hydrogen-bond acceptors (Lipinski definition) is 32. The molecule has 29 N–H and O–H groups in total. The van der Waals surface area contributed by atoms with Gasteiger partial charge in [-0.15, -0.1) is 0 Å². The molecule has 8 aliphatic heterocycles. The standard InChI is InChI=1S/C66H75Cl2N9O24.C6H12O6.H3O4P/c1-23(2)12-34(71-5)58(88)76-49-51(83)26-7-10-38(32(67)14-26)97-40-16-28-17-41(55(40)101-65-56(54(86)53(85)42(22-78)99-65)100-44-21-66(4,70)57(87)24(3)96-44)98-39-11-8-27(15-33(39)68)52(84)50-63(93)75-48(64(94)95)31-18-29(79)19-37(81)45(31)30-13-25(6-9-36(30)80)46(60(90)77-50)74-61(91)47(28)73-59(89)35(20-43(69)82)72-62(49)92;7-1-2-3(8)4(9)5(10)6(11)12-2;1-5(2,3)4/h6-11,13-19,23-24,34-35,42,44,46-54,56-57,65,71,78-81,83-87H,12,20-22,70H2,1-5H3,(H2,69,82)(H,72,92)(H,73,89)(H,74,91)(H,75,93)(H,76,88)(H,77,90)(H,94,95);2-11H,1H2;(H3,1,2,3,4)/t24-,34+,35-,42+,44-,46+,47+,48+,49+,50-,51+,52+,53+,54-,56+,57?,65-,66-;2-,3+,4+,5-,6+;/m01./s1. The lowest BCUT2D eigenvalue weighted by atomic mass is 9.86. The zero-order chi connectivity index (χ0) is 87.3. The number of phenols is 3. The monoisotopic (exact) mass is 1730 g/mol. The highest BCUT2D eigenvalue weighted by atomic mass is 35.5. The lowest BCUT2D eigenvalue weighted by Crippen LogP contribution is -2.64. The summed E-state index contributed by atoms with van der Waals surface area (Å²) < 4.78 is 51.8. The molecule has 23 atom stereocenters. The van der Waals surface area contributed by atoms with Gasteiger partial charge in [0, 0.05) is 34.7 Å². The maximum atomic E-state index is 16.0. The van der Waals surface area contributed by atoms with Crippen molar-refractivity contribution in [2.45, 2.75) is 187 Å². The highest BCUT2D eigenvalue weighted by molar-refractivity contribution is 7.45. The van der Waals surface area contributed by atoms with Gasteiger partial charge in [-0.3, -0.25) is 33.6 Å². The minimum absolute atomic E-state index is 0.0975. The summed E-state index contributed by atoms with van der Waals surface area (Å²) in [5, 5.41) is 175. The number of primary amides is 1. The number of phosphoric acid groups is 1. The SMILES string of the molecule is CN[C@H](CC(C)C)C(=O)N[C@H]1C(=O)N[C@@H](CC(N)=O)C(=O)N[C@H]2C(=O)N[C@H]3C(=O)N[C@H](C(=O)N[C@@H](C(=O)O)c4cc(O)cc(O)c4-c4cc3ccc4O)[C@H](O)c3ccc(c(Cl)c3)Oc3cc2cc(c3O[C@@H]2O[C@H](CO)[C@@H](O)[C@H](O)[C@H]2O[C@H]2C[C@](C)(N)C(O)[C@H](C)O2)Oc2ccc(cc2Cl)[C@H]1O.O=P(O)(O)O.OC[C@H]1O[C@H](O)[C@H](O)[C@@H](O)[C@H]1O. The number of hydrogen-bond donors (Lipinski definition) is 27. The van der Waals surface area contributed by atoms with Gasteiger partial charge in [-0.25, -0.2) is 9.36 Å². The second kappa shape index (κ2) is 38.4. The molecule has 13 rings (SSSR count). The third-order valence-electron chi connectivity index (χ3n) is 19.6. The van der Waals surface area contributed by atoms with E-state index in [2.05, 4.69) is 42.0 Å². The van der Waals surface area contributed by atoms with Gasteiger partial charge in [0.25, 0.3) is 0 Å². The topological polar surface area (TPSA) is 719 Å². The number of aliphatic hydroxyl groups is 11. The van der Waals surface area contributed by atoms with Gasteiger partial charge in [0.2, 0.25) is 53.4 Å². The van der Waals surface area contributed by atoms with E-state index in [9.17, 15) is 75.0 Å². The second-order valence-electron chi connectivity index (χ2n) is 28.9. The van der Waals surface area contributed by atoms with Crippen molar-refractivity contribution >= 4 is 78.3 Å². The predicted octanol–water partition coefficient (Wildman–Crippen LogP) is -4.04. The van der Waals surface area contributed by atoms with Crippen LogP contribution in [0.25, 0.3) is 11.1 Å². The summed E-state index contributed by atoms with van der Waals surface area (Å²) in [6, 6.07) is -0.679. The Morgan fingerprint density at radius 1 is 0.653 bits per heavy atom. The maximum Gasteiger partial charge on any atom is 0.466 e. The minimum Gasteiger partial charge on any atom is -0.508 e. The van der Waals surface area contributed by atoms with Gasteiger partial charge in [0.1, 0.15) is 114 Å². The fourth-order valence-electron chi connectivity index (χ4n) is 13.6. The normalized spacial score (nSPS) is 30.7. The van der Waals surface area contributed by atoms with Gasteiger partial charge in [0.05, 0.1) is 47.9 Å². The van der Waals surface area contributed by atoms with Crippen LogP contribution in [0.3, 0.4) is 0 Å². The Labute approximate surface area is 678 Å². The third kappa shape index (κ3) is 21.6. The van der Waals surface area contributed by atoms with Crippen LogP contribution in [0.2, 0.25) is 10.0 Å². The Balaban J connectivity index is 0.000000834. The van der Waals surface area contributed by atoms with Gasteiger partial charge in [0.15, 0.2) is 36.2 Å². The number of amides is 7. The Bertz CT molecular complexity index is 4590. The molecule has 3 fully saturated rings. The van der Waals surface area contributed by atoms with Gasteiger partial charge < -0.3 is 173 Å². The van der Waals surface area contributed by atoms with E-state index in [0.29, 0.717) is 0 Å². The molecule has 0 aliphatic carbocycles. The third-order valence-corrected chi connectivity index (χ3v) is 20.2. The smallest absolute Gasteiger partial charge is 0.466 e. The summed E-state index contributed by atoms with van der Waals surface area (Å²) in [5.74, 6) is -16.0. The number of aromatic hydroxyl groups is 3. The van der Waals surface area contributed by atoms with Crippen LogP contribution in [0.15, 0.2) is 78.9 Å². The van der Waals surface area contributed by atoms with E-state index in [0.717, 1.165) is 66.7 Å². The number of rotatable bonds is 14. The summed E-state index contributed by atoms with van der Waals surface area (Å²) >= 11 is 14.1. The Hall–Kier alpha value is -9.33. The number of ether oxygens (including phenoxy) is 7. The molecule has 8 aliphatic rings. The van der Waals surface area contributed by atoms with Crippen molar-refractivity contribution in [3.63, 3.8) is 0 Å². The van der Waals surface area contributed by atoms with Gasteiger partial charge in [-0.1, -0.05) is 55.2 Å². The number of likely N-dealkylation sites (N-methyl/N-ethyl adjacent to an activating group) is 1. The van der Waals surface area contributed by atoms with Crippen molar-refractivity contribution in [3.8, 4) is 57.1 Å². The van der Waals surface area contributed by atoms with E-state index < -0.39 is 282 Å². The molecule has 0 saturated carbocycles. The molecule has 5 aromatic rings. The largest absolute Gasteiger partial charge is 0.508 e. The molecule has 0 spiro atoms. The van der Waals surface area contributed by atoms with Crippen LogP contribution in [0, 0.1) is 5.92 Å². The number of carboxylic acids is 1. The second-order valence-corrected chi connectivity index (χ2v) is 30.8. The summed E-state index contributed by atoms with van der Waals surface area (Å²) in [6.07, 6.45) is -25.6. The highest BCUT2D eigenvalue weighted by Crippen LogP contribution is 2.50. The number of carbonyl (C=O) groups is 8. The number of nitrogens with two attached hydrogens (primary N) is 2. The van der Waals surface area contributed by atoms with Crippen LogP contribution in [0.5, 0.6) is 46.0 Å². The number of nitrogens with one attached hydrogen (secondary N) is 7. The molecule has 3 saturated heterocycles. The lowest BCUT2D eigenvalue weighted by molar-refractivity contribution is -0.333. The number of benzene rings is 5. The molecule has 43 nitrogen and oxygen atoms in total. The Morgan fingerprint density at radius 3 is 1.75 bits per heavy atom. The zero-order valence-electron chi connectivity index (χ0n) is 62.8. The van der Waals surface area contributed by atoms with E-state index in [1.165, 1.54) is 33.0 Å². The molecule has 11 bridgehead atoms. The molecule has 8 heterocycles. The summed E-state index contributed by atoms with van der Waals surface area (Å²) in [5.41, 5.74) is 8.00. The molecular formula is C72H90Cl2N9O34P. The van der Waals surface area contributed by atoms with Gasteiger partial charge >= 0.3 is 13.8 Å². The molecule has 7 amide bonds. The Kier molecular flexibility index (Phi) is 30.1. The van der Waals surface area contributed by atoms with E-state index in [4.69, 9.17) is 108 Å². The zero-order valence-corrected chi connectivity index (χ0v) is 65.2. The van der Waals surface area contributed by atoms with Crippen LogP contribution in [-0.2, 0) is 61.9 Å². The molecule has 118 heavy (non-hydrogen) atoms. The summed E-state index contributed by atoms with van der Waals surface area (Å²) in [7, 11) is -3.17. The molecule has 1 unspecified atom stereocenters. The molecule has 46 heteroatoms. The van der Waals surface area contributed by atoms with Crippen molar-refractivity contribution < 1.29 is 167 Å². The average Bonchev–Trinajstić information content (AvgIpc) is 0.779. The number of phenolic OH excluding ortho intramolecular Hbond substituents is 3. The minimum atomic E-state index is -4.64. The number of carboxylic acid groups (broad SMARTS) is 1. The summed E-state index contributed by atoms with van der Waals surface area (Å²) in [4.78, 5) is 138. The van der Waals surface area contributed by atoms with E-state index in [1.54, 1.807) is 0 Å². The molecule has 646 valence electrons. The quantitative estimate of drug-likeness (QED) is 0.0471. The average molecular weight is 1730 g/mol. The number of halogens is 2. The van der Waals surface area contributed by atoms with Gasteiger partial charge in [-0.05, 0) is 110 Å². The highest BCUT2D eigenvalue weighted by Gasteiger charge is 2.52. The van der Waals surface area contributed by atoms with Crippen molar-refractivity contribution in [1.82, 2.24) is 37.2 Å². The first-order valence-electron chi connectivity index (χ1n) is 36.0. The number of carbonyl (C=O) groups excluding carboxylic acids is 7. The van der Waals surface area contributed by atoms with Crippen molar-refractivity contribution in [2.75, 3.05) is 20.3 Å². The molecule has 0 radical (unpaired) electrons. The van der Waals surface area contributed by atoms with Crippen LogP contribution in [0.4, 0.5) is 0 Å². The Morgan fingerprint density at radius 2 is 1.20 bits per heavy atom. The van der Waals surface area contributed by atoms with Gasteiger partial charge in [-0.2, -0.15) is 0 Å². The van der Waals surface area contributed by atoms with E-state index in [-0.39, 0.29) is 46.2 Å². The van der Waals surface area contributed by atoms with Crippen molar-refractivity contribution in [2.24, 2.45) is 17.4 Å². The fraction of sp³-hybridized carbons (Fsp3) is 0.472. The van der Waals surface area contributed by atoms with Crippen LogP contribution in [-0.4, -0.2) is 268 Å². The summed E-state index contributed by atoms with van der Waals surface area (Å²) in [6.45, 7) is 5.13. The fourth-order valence-corrected chi connectivity index (χ4v) is 14.0. The molecule has 5 aromatic carbocycles. The number of fused-ring (bicyclic) bond motifs is 15. The van der Waals surface area contributed by atoms with E-state index in [1.807, 2.05) is 13.8 Å². The van der Waals surface area contributed by atoms with Crippen LogP contribution in [0.1, 0.15) is 105 Å². The van der Waals surface area contributed by atoms with Crippen molar-refractivity contribution in [1.29, 1.82) is 0 Å². The first-order valence-corrected chi connectivity index (χ1v) is 38.3. The van der Waals surface area contributed by atoms with E-state index >= 15 is 14.4 Å². The van der Waals surface area contributed by atoms with Crippen LogP contribution < -0.4 is 62.9 Å². The van der Waals surface area contributed by atoms with Crippen LogP contribution >= 0.6 is 31.0 Å². The molecular weight excluding hydrogens is 1640 g/mol. The first-order chi connectivity index (χ1) is 55.2. The lowest BCUT2D eigenvalue weighted by Gasteiger charge is -2.47. The number of aliphatic hydroxyl groups excluding tert-OH is 11.